The number of aromatic nitrogens is 2. The SMILES string of the molecule is CC(=NNc1cc(=O)[nH]c(=O)n1C)c1ccccc1. The van der Waals surface area contributed by atoms with E-state index in [-0.39, 0.29) is 0 Å². The summed E-state index contributed by atoms with van der Waals surface area (Å²) in [5.74, 6) is 0.337. The van der Waals surface area contributed by atoms with Gasteiger partial charge in [0, 0.05) is 13.1 Å². The molecule has 2 aromatic rings. The molecule has 1 aromatic carbocycles. The number of nitrogens with one attached hydrogen (secondary N) is 2. The fourth-order valence-electron chi connectivity index (χ4n) is 1.55. The van der Waals surface area contributed by atoms with E-state index in [2.05, 4.69) is 15.5 Å². The highest BCUT2D eigenvalue weighted by Gasteiger charge is 2.01. The van der Waals surface area contributed by atoms with Gasteiger partial charge in [-0.2, -0.15) is 5.10 Å². The van der Waals surface area contributed by atoms with Crippen molar-refractivity contribution >= 4 is 11.5 Å². The summed E-state index contributed by atoms with van der Waals surface area (Å²) >= 11 is 0. The summed E-state index contributed by atoms with van der Waals surface area (Å²) in [5, 5.41) is 4.16. The summed E-state index contributed by atoms with van der Waals surface area (Å²) in [5.41, 5.74) is 3.50. The average molecular weight is 258 g/mol. The van der Waals surface area contributed by atoms with Crippen molar-refractivity contribution in [3.8, 4) is 0 Å². The van der Waals surface area contributed by atoms with Gasteiger partial charge in [-0.1, -0.05) is 30.3 Å². The zero-order chi connectivity index (χ0) is 13.8. The third-order valence-electron chi connectivity index (χ3n) is 2.69. The molecule has 19 heavy (non-hydrogen) atoms. The van der Waals surface area contributed by atoms with Crippen molar-refractivity contribution in [1.82, 2.24) is 9.55 Å². The number of hydrogen-bond acceptors (Lipinski definition) is 4. The molecule has 6 heteroatoms. The van der Waals surface area contributed by atoms with E-state index in [1.807, 2.05) is 37.3 Å². The predicted octanol–water partition coefficient (Wildman–Crippen LogP) is 0.910. The highest BCUT2D eigenvalue weighted by atomic mass is 16.2. The van der Waals surface area contributed by atoms with Crippen molar-refractivity contribution in [2.75, 3.05) is 5.43 Å². The molecule has 0 saturated carbocycles. The molecule has 0 fully saturated rings. The van der Waals surface area contributed by atoms with Gasteiger partial charge in [0.2, 0.25) is 0 Å². The number of benzene rings is 1. The second-order valence-corrected chi connectivity index (χ2v) is 4.06. The number of hydrazone groups is 1. The van der Waals surface area contributed by atoms with Crippen LogP contribution < -0.4 is 16.7 Å². The summed E-state index contributed by atoms with van der Waals surface area (Å²) in [6, 6.07) is 10.9. The molecular weight excluding hydrogens is 244 g/mol. The number of aromatic amines is 1. The lowest BCUT2D eigenvalue weighted by Crippen LogP contribution is -2.29. The molecule has 0 spiro atoms. The summed E-state index contributed by atoms with van der Waals surface area (Å²) in [4.78, 5) is 24.8. The smallest absolute Gasteiger partial charge is 0.282 e. The standard InChI is InChI=1S/C13H14N4O2/c1-9(10-6-4-3-5-7-10)15-16-11-8-12(18)14-13(19)17(11)2/h3-8,16H,1-2H3,(H,14,18,19). The Balaban J connectivity index is 2.28. The maximum Gasteiger partial charge on any atom is 0.329 e. The van der Waals surface area contributed by atoms with Crippen LogP contribution in [0.25, 0.3) is 0 Å². The molecular formula is C13H14N4O2. The number of hydrogen-bond donors (Lipinski definition) is 2. The van der Waals surface area contributed by atoms with E-state index >= 15 is 0 Å². The average Bonchev–Trinajstić information content (AvgIpc) is 2.41. The Bertz CT molecular complexity index is 713. The zero-order valence-corrected chi connectivity index (χ0v) is 10.7. The van der Waals surface area contributed by atoms with E-state index in [0.29, 0.717) is 5.82 Å². The minimum absolute atomic E-state index is 0.337. The highest BCUT2D eigenvalue weighted by molar-refractivity contribution is 5.98. The van der Waals surface area contributed by atoms with Crippen LogP contribution in [0, 0.1) is 0 Å². The highest BCUT2D eigenvalue weighted by Crippen LogP contribution is 2.03. The Labute approximate surface area is 109 Å². The molecule has 0 atom stereocenters. The zero-order valence-electron chi connectivity index (χ0n) is 10.7. The van der Waals surface area contributed by atoms with Crippen molar-refractivity contribution in [2.24, 2.45) is 12.1 Å². The molecule has 2 N–H and O–H groups in total. The van der Waals surface area contributed by atoms with E-state index in [4.69, 9.17) is 0 Å². The van der Waals surface area contributed by atoms with E-state index in [1.54, 1.807) is 7.05 Å². The van der Waals surface area contributed by atoms with Crippen molar-refractivity contribution < 1.29 is 0 Å². The molecule has 0 bridgehead atoms. The van der Waals surface area contributed by atoms with Gasteiger partial charge in [-0.15, -0.1) is 0 Å². The van der Waals surface area contributed by atoms with Crippen LogP contribution in [0.3, 0.4) is 0 Å². The molecule has 0 amide bonds. The Hall–Kier alpha value is -2.63. The molecule has 6 nitrogen and oxygen atoms in total. The van der Waals surface area contributed by atoms with Crippen LogP contribution in [0.4, 0.5) is 5.82 Å². The summed E-state index contributed by atoms with van der Waals surface area (Å²) in [6.45, 7) is 1.84. The Morgan fingerprint density at radius 1 is 1.26 bits per heavy atom. The van der Waals surface area contributed by atoms with Crippen LogP contribution in [0.1, 0.15) is 12.5 Å². The molecule has 0 radical (unpaired) electrons. The topological polar surface area (TPSA) is 79.2 Å². The molecule has 1 aromatic heterocycles. The van der Waals surface area contributed by atoms with Gasteiger partial charge in [0.1, 0.15) is 5.82 Å². The van der Waals surface area contributed by atoms with Crippen LogP contribution in [-0.4, -0.2) is 15.3 Å². The van der Waals surface area contributed by atoms with Gasteiger partial charge < -0.3 is 0 Å². The van der Waals surface area contributed by atoms with Gasteiger partial charge in [-0.3, -0.25) is 19.8 Å². The lowest BCUT2D eigenvalue weighted by molar-refractivity contribution is 0.803. The van der Waals surface area contributed by atoms with Crippen LogP contribution >= 0.6 is 0 Å². The second kappa shape index (κ2) is 5.34. The van der Waals surface area contributed by atoms with Gasteiger partial charge in [0.25, 0.3) is 5.56 Å². The minimum atomic E-state index is -0.484. The molecule has 98 valence electrons. The van der Waals surface area contributed by atoms with E-state index in [1.165, 1.54) is 10.6 Å². The van der Waals surface area contributed by atoms with Crippen molar-refractivity contribution in [2.45, 2.75) is 6.92 Å². The summed E-state index contributed by atoms with van der Waals surface area (Å²) < 4.78 is 1.28. The maximum absolute atomic E-state index is 11.4. The van der Waals surface area contributed by atoms with E-state index < -0.39 is 11.2 Å². The molecule has 0 unspecified atom stereocenters. The van der Waals surface area contributed by atoms with E-state index in [9.17, 15) is 9.59 Å². The Morgan fingerprint density at radius 2 is 1.95 bits per heavy atom. The minimum Gasteiger partial charge on any atom is -0.282 e. The molecule has 0 aliphatic rings. The molecule has 2 rings (SSSR count). The van der Waals surface area contributed by atoms with Gasteiger partial charge in [-0.05, 0) is 12.5 Å². The van der Waals surface area contributed by atoms with Crippen LogP contribution in [0.2, 0.25) is 0 Å². The van der Waals surface area contributed by atoms with Crippen molar-refractivity contribution in [3.05, 3.63) is 62.8 Å². The third kappa shape index (κ3) is 2.98. The van der Waals surface area contributed by atoms with Crippen LogP contribution in [-0.2, 0) is 7.05 Å². The van der Waals surface area contributed by atoms with Gasteiger partial charge in [-0.25, -0.2) is 4.79 Å². The van der Waals surface area contributed by atoms with E-state index in [0.717, 1.165) is 11.3 Å². The fourth-order valence-corrected chi connectivity index (χ4v) is 1.55. The summed E-state index contributed by atoms with van der Waals surface area (Å²) in [7, 11) is 1.55. The second-order valence-electron chi connectivity index (χ2n) is 4.06. The lowest BCUT2D eigenvalue weighted by atomic mass is 10.1. The Morgan fingerprint density at radius 3 is 2.63 bits per heavy atom. The molecule has 0 saturated heterocycles. The van der Waals surface area contributed by atoms with Gasteiger partial charge >= 0.3 is 5.69 Å². The number of nitrogens with zero attached hydrogens (tertiary/aromatic N) is 2. The monoisotopic (exact) mass is 258 g/mol. The number of rotatable bonds is 3. The molecule has 0 aliphatic carbocycles. The fraction of sp³-hybridized carbons (Fsp3) is 0.154. The predicted molar refractivity (Wildman–Crippen MR) is 74.6 cm³/mol. The van der Waals surface area contributed by atoms with Gasteiger partial charge in [0.05, 0.1) is 5.71 Å². The van der Waals surface area contributed by atoms with Crippen LogP contribution in [0.5, 0.6) is 0 Å². The van der Waals surface area contributed by atoms with Crippen molar-refractivity contribution in [1.29, 1.82) is 0 Å². The third-order valence-corrected chi connectivity index (χ3v) is 2.69. The van der Waals surface area contributed by atoms with Crippen LogP contribution in [0.15, 0.2) is 51.1 Å². The largest absolute Gasteiger partial charge is 0.329 e. The lowest BCUT2D eigenvalue weighted by Gasteiger charge is -2.07. The first-order valence-electron chi connectivity index (χ1n) is 5.74. The number of H-pyrrole nitrogens is 1. The quantitative estimate of drug-likeness (QED) is 0.634. The first-order valence-corrected chi connectivity index (χ1v) is 5.74. The van der Waals surface area contributed by atoms with Crippen molar-refractivity contribution in [3.63, 3.8) is 0 Å². The molecule has 1 heterocycles. The number of anilines is 1. The maximum atomic E-state index is 11.4. The first kappa shape index (κ1) is 12.8. The Kier molecular flexibility index (Phi) is 3.61. The first-order chi connectivity index (χ1) is 9.08. The normalized spacial score (nSPS) is 11.4. The summed E-state index contributed by atoms with van der Waals surface area (Å²) in [6.07, 6.45) is 0. The molecule has 0 aliphatic heterocycles. The van der Waals surface area contributed by atoms with Gasteiger partial charge in [0.15, 0.2) is 0 Å².